The number of hydrogen-bond donors (Lipinski definition) is 1. The first kappa shape index (κ1) is 16.4. The van der Waals surface area contributed by atoms with Gasteiger partial charge in [0.05, 0.1) is 6.42 Å². The van der Waals surface area contributed by atoms with Crippen molar-refractivity contribution in [3.8, 4) is 5.75 Å². The third kappa shape index (κ3) is 4.77. The summed E-state index contributed by atoms with van der Waals surface area (Å²) in [7, 11) is 0. The van der Waals surface area contributed by atoms with Crippen molar-refractivity contribution in [1.29, 1.82) is 0 Å². The van der Waals surface area contributed by atoms with Gasteiger partial charge in [0.2, 0.25) is 0 Å². The van der Waals surface area contributed by atoms with Crippen LogP contribution in [0.5, 0.6) is 5.75 Å². The van der Waals surface area contributed by atoms with Crippen molar-refractivity contribution in [2.75, 3.05) is 13.1 Å². The lowest BCUT2D eigenvalue weighted by Crippen LogP contribution is -2.30. The molecule has 1 rings (SSSR count). The van der Waals surface area contributed by atoms with Gasteiger partial charge in [-0.3, -0.25) is 9.69 Å². The molecule has 20 heavy (non-hydrogen) atoms. The molecule has 1 aromatic rings. The Bertz CT molecular complexity index is 419. The smallest absolute Gasteiger partial charge is 0.387 e. The molecule has 4 nitrogen and oxygen atoms in total. The van der Waals surface area contributed by atoms with E-state index in [0.717, 1.165) is 5.56 Å². The normalized spacial score (nSPS) is 12.7. The van der Waals surface area contributed by atoms with Crippen molar-refractivity contribution >= 4 is 5.97 Å². The average Bonchev–Trinajstić information content (AvgIpc) is 2.39. The molecule has 0 fully saturated rings. The molecule has 0 bridgehead atoms. The highest BCUT2D eigenvalue weighted by atomic mass is 19.3. The number of nitrogens with zero attached hydrogens (tertiary/aromatic N) is 1. The molecule has 0 aliphatic rings. The monoisotopic (exact) mass is 287 g/mol. The summed E-state index contributed by atoms with van der Waals surface area (Å²) in [6.07, 6.45) is -0.0310. The Balaban J connectivity index is 2.92. The van der Waals surface area contributed by atoms with E-state index in [9.17, 15) is 13.6 Å². The topological polar surface area (TPSA) is 49.8 Å². The summed E-state index contributed by atoms with van der Waals surface area (Å²) in [5.74, 6) is -0.827. The lowest BCUT2D eigenvalue weighted by Gasteiger charge is -2.29. The van der Waals surface area contributed by atoms with Crippen LogP contribution in [0.2, 0.25) is 0 Å². The van der Waals surface area contributed by atoms with Gasteiger partial charge in [0.25, 0.3) is 0 Å². The predicted octanol–water partition coefficient (Wildman–Crippen LogP) is 3.15. The third-order valence-corrected chi connectivity index (χ3v) is 3.11. The molecule has 1 aromatic carbocycles. The molecule has 1 unspecified atom stereocenters. The van der Waals surface area contributed by atoms with E-state index in [2.05, 4.69) is 4.74 Å². The molecular formula is C14H19F2NO3. The number of halogens is 2. The summed E-state index contributed by atoms with van der Waals surface area (Å²) in [6, 6.07) is 5.84. The van der Waals surface area contributed by atoms with Crippen LogP contribution in [0, 0.1) is 0 Å². The molecule has 0 saturated carbocycles. The number of benzene rings is 1. The summed E-state index contributed by atoms with van der Waals surface area (Å²) in [5, 5.41) is 9.01. The molecule has 1 atom stereocenters. The SMILES string of the molecule is CCN(CC)C(CC(=O)O)c1ccc(OC(F)F)cc1. The minimum Gasteiger partial charge on any atom is -0.481 e. The maximum atomic E-state index is 12.1. The zero-order valence-corrected chi connectivity index (χ0v) is 11.6. The van der Waals surface area contributed by atoms with Crippen LogP contribution in [0.3, 0.4) is 0 Å². The number of alkyl halides is 2. The van der Waals surface area contributed by atoms with E-state index < -0.39 is 12.6 Å². The highest BCUT2D eigenvalue weighted by Crippen LogP contribution is 2.26. The zero-order chi connectivity index (χ0) is 15.1. The molecule has 0 aliphatic carbocycles. The van der Waals surface area contributed by atoms with E-state index in [4.69, 9.17) is 5.11 Å². The zero-order valence-electron chi connectivity index (χ0n) is 11.6. The van der Waals surface area contributed by atoms with Gasteiger partial charge in [-0.15, -0.1) is 0 Å². The van der Waals surface area contributed by atoms with Crippen molar-refractivity contribution in [3.63, 3.8) is 0 Å². The summed E-state index contributed by atoms with van der Waals surface area (Å²) < 4.78 is 28.4. The van der Waals surface area contributed by atoms with Gasteiger partial charge in [-0.2, -0.15) is 8.78 Å². The minimum absolute atomic E-state index is 0.0310. The van der Waals surface area contributed by atoms with Gasteiger partial charge < -0.3 is 9.84 Å². The molecule has 112 valence electrons. The first-order valence-electron chi connectivity index (χ1n) is 6.48. The van der Waals surface area contributed by atoms with Gasteiger partial charge in [-0.1, -0.05) is 26.0 Å². The highest BCUT2D eigenvalue weighted by Gasteiger charge is 2.21. The van der Waals surface area contributed by atoms with Crippen LogP contribution >= 0.6 is 0 Å². The molecule has 0 aliphatic heterocycles. The second-order valence-electron chi connectivity index (χ2n) is 4.28. The van der Waals surface area contributed by atoms with Crippen LogP contribution < -0.4 is 4.74 Å². The number of aliphatic carboxylic acids is 1. The number of carboxylic acids is 1. The van der Waals surface area contributed by atoms with Crippen molar-refractivity contribution in [3.05, 3.63) is 29.8 Å². The average molecular weight is 287 g/mol. The quantitative estimate of drug-likeness (QED) is 0.798. The molecule has 0 radical (unpaired) electrons. The Morgan fingerprint density at radius 2 is 1.80 bits per heavy atom. The Labute approximate surface area is 117 Å². The lowest BCUT2D eigenvalue weighted by molar-refractivity contribution is -0.138. The first-order valence-corrected chi connectivity index (χ1v) is 6.48. The van der Waals surface area contributed by atoms with Crippen LogP contribution in [0.15, 0.2) is 24.3 Å². The largest absolute Gasteiger partial charge is 0.481 e. The standard InChI is InChI=1S/C14H19F2NO3/c1-3-17(4-2)12(9-13(18)19)10-5-7-11(8-6-10)20-14(15)16/h5-8,12,14H,3-4,9H2,1-2H3,(H,18,19). The van der Waals surface area contributed by atoms with Gasteiger partial charge in [-0.05, 0) is 30.8 Å². The number of carbonyl (C=O) groups is 1. The molecule has 0 saturated heterocycles. The Hall–Kier alpha value is -1.69. The Morgan fingerprint density at radius 1 is 1.25 bits per heavy atom. The molecule has 6 heteroatoms. The maximum absolute atomic E-state index is 12.1. The summed E-state index contributed by atoms with van der Waals surface area (Å²) in [4.78, 5) is 13.0. The van der Waals surface area contributed by atoms with Crippen LogP contribution in [-0.4, -0.2) is 35.7 Å². The van der Waals surface area contributed by atoms with Crippen molar-refractivity contribution in [2.45, 2.75) is 32.9 Å². The second-order valence-corrected chi connectivity index (χ2v) is 4.28. The van der Waals surface area contributed by atoms with E-state index in [1.54, 1.807) is 12.1 Å². The molecule has 0 amide bonds. The Morgan fingerprint density at radius 3 is 2.20 bits per heavy atom. The fourth-order valence-electron chi connectivity index (χ4n) is 2.16. The second kappa shape index (κ2) is 7.79. The molecule has 0 heterocycles. The van der Waals surface area contributed by atoms with Gasteiger partial charge in [0, 0.05) is 6.04 Å². The van der Waals surface area contributed by atoms with Crippen molar-refractivity contribution in [2.24, 2.45) is 0 Å². The summed E-state index contributed by atoms with van der Waals surface area (Å²) in [5.41, 5.74) is 0.776. The molecule has 1 N–H and O–H groups in total. The van der Waals surface area contributed by atoms with Gasteiger partial charge in [0.15, 0.2) is 0 Å². The van der Waals surface area contributed by atoms with Crippen LogP contribution in [0.4, 0.5) is 8.78 Å². The minimum atomic E-state index is -2.86. The predicted molar refractivity (Wildman–Crippen MR) is 71.0 cm³/mol. The number of rotatable bonds is 8. The van der Waals surface area contributed by atoms with E-state index in [1.807, 2.05) is 18.7 Å². The number of carboxylic acid groups (broad SMARTS) is 1. The third-order valence-electron chi connectivity index (χ3n) is 3.11. The van der Waals surface area contributed by atoms with Crippen LogP contribution in [0.25, 0.3) is 0 Å². The highest BCUT2D eigenvalue weighted by molar-refractivity contribution is 5.68. The van der Waals surface area contributed by atoms with E-state index in [0.29, 0.717) is 13.1 Å². The molecular weight excluding hydrogens is 268 g/mol. The van der Waals surface area contributed by atoms with E-state index in [-0.39, 0.29) is 18.2 Å². The first-order chi connectivity index (χ1) is 9.47. The van der Waals surface area contributed by atoms with Gasteiger partial charge in [-0.25, -0.2) is 0 Å². The number of ether oxygens (including phenoxy) is 1. The van der Waals surface area contributed by atoms with Crippen LogP contribution in [0.1, 0.15) is 31.9 Å². The van der Waals surface area contributed by atoms with E-state index in [1.165, 1.54) is 12.1 Å². The van der Waals surface area contributed by atoms with Crippen LogP contribution in [-0.2, 0) is 4.79 Å². The van der Waals surface area contributed by atoms with E-state index >= 15 is 0 Å². The Kier molecular flexibility index (Phi) is 6.38. The summed E-state index contributed by atoms with van der Waals surface area (Å²) >= 11 is 0. The van der Waals surface area contributed by atoms with Gasteiger partial charge >= 0.3 is 12.6 Å². The molecule has 0 aromatic heterocycles. The lowest BCUT2D eigenvalue weighted by atomic mass is 10.0. The molecule has 0 spiro atoms. The van der Waals surface area contributed by atoms with Crippen molar-refractivity contribution < 1.29 is 23.4 Å². The van der Waals surface area contributed by atoms with Crippen molar-refractivity contribution in [1.82, 2.24) is 4.90 Å². The summed E-state index contributed by atoms with van der Waals surface area (Å²) in [6.45, 7) is 2.46. The fourth-order valence-corrected chi connectivity index (χ4v) is 2.16. The fraction of sp³-hybridized carbons (Fsp3) is 0.500. The number of hydrogen-bond acceptors (Lipinski definition) is 3. The van der Waals surface area contributed by atoms with Gasteiger partial charge in [0.1, 0.15) is 5.75 Å². The maximum Gasteiger partial charge on any atom is 0.387 e.